The fourth-order valence-corrected chi connectivity index (χ4v) is 2.76. The molecule has 9 heteroatoms. The van der Waals surface area contributed by atoms with Crippen LogP contribution in [-0.4, -0.2) is 17.9 Å². The first-order chi connectivity index (χ1) is 15.5. The van der Waals surface area contributed by atoms with E-state index in [4.69, 9.17) is 13.9 Å². The van der Waals surface area contributed by atoms with E-state index < -0.39 is 10.8 Å². The van der Waals surface area contributed by atoms with Gasteiger partial charge in [-0.3, -0.25) is 14.9 Å². The summed E-state index contributed by atoms with van der Waals surface area (Å²) in [5, 5.41) is 22.7. The number of nitro benzene ring substituents is 1. The molecule has 1 heterocycles. The van der Waals surface area contributed by atoms with Gasteiger partial charge in [0.05, 0.1) is 24.8 Å². The number of non-ortho nitro benzene ring substituents is 1. The van der Waals surface area contributed by atoms with Crippen molar-refractivity contribution < 1.29 is 23.6 Å². The number of nitrogens with one attached hydrogen (secondary N) is 1. The van der Waals surface area contributed by atoms with Crippen molar-refractivity contribution in [1.29, 1.82) is 5.26 Å². The molecule has 162 valence electrons. The molecule has 3 rings (SSSR count). The van der Waals surface area contributed by atoms with E-state index in [0.29, 0.717) is 22.8 Å². The molecule has 1 aromatic heterocycles. The summed E-state index contributed by atoms with van der Waals surface area (Å²) in [6.07, 6.45) is 2.94. The lowest BCUT2D eigenvalue weighted by atomic mass is 10.1. The van der Waals surface area contributed by atoms with Crippen molar-refractivity contribution in [2.75, 3.05) is 7.11 Å². The Balaban J connectivity index is 1.68. The van der Waals surface area contributed by atoms with Gasteiger partial charge in [0.2, 0.25) is 0 Å². The van der Waals surface area contributed by atoms with Crippen LogP contribution in [0.3, 0.4) is 0 Å². The molecule has 0 radical (unpaired) electrons. The smallest absolute Gasteiger partial charge is 0.269 e. The SMILES string of the molecule is COc1cc(C=C(C#N)C(=O)NCc2ccco2)ccc1OCc1ccc([N+](=O)[O-])cc1. The molecule has 1 N–H and O–H groups in total. The number of amides is 1. The van der Waals surface area contributed by atoms with E-state index in [1.807, 2.05) is 6.07 Å². The average molecular weight is 433 g/mol. The number of hydrogen-bond acceptors (Lipinski definition) is 7. The normalized spacial score (nSPS) is 10.8. The fourth-order valence-electron chi connectivity index (χ4n) is 2.76. The van der Waals surface area contributed by atoms with Crippen LogP contribution >= 0.6 is 0 Å². The highest BCUT2D eigenvalue weighted by Crippen LogP contribution is 2.30. The largest absolute Gasteiger partial charge is 0.493 e. The van der Waals surface area contributed by atoms with Crippen molar-refractivity contribution in [3.05, 3.63) is 93.4 Å². The molecule has 0 unspecified atom stereocenters. The molecule has 1 amide bonds. The predicted molar refractivity (Wildman–Crippen MR) is 115 cm³/mol. The van der Waals surface area contributed by atoms with Gasteiger partial charge in [-0.05, 0) is 53.6 Å². The zero-order valence-corrected chi connectivity index (χ0v) is 17.1. The van der Waals surface area contributed by atoms with Crippen LogP contribution in [0.4, 0.5) is 5.69 Å². The zero-order valence-electron chi connectivity index (χ0n) is 17.1. The number of hydrogen-bond donors (Lipinski definition) is 1. The Hall–Kier alpha value is -4.58. The third-order valence-corrected chi connectivity index (χ3v) is 4.41. The summed E-state index contributed by atoms with van der Waals surface area (Å²) < 4.78 is 16.3. The third-order valence-electron chi connectivity index (χ3n) is 4.41. The lowest BCUT2D eigenvalue weighted by Gasteiger charge is -2.11. The molecule has 0 saturated carbocycles. The molecule has 0 fully saturated rings. The summed E-state index contributed by atoms with van der Waals surface area (Å²) >= 11 is 0. The number of carbonyl (C=O) groups is 1. The van der Waals surface area contributed by atoms with Crippen LogP contribution in [0.25, 0.3) is 6.08 Å². The number of carbonyl (C=O) groups excluding carboxylic acids is 1. The maximum Gasteiger partial charge on any atom is 0.269 e. The lowest BCUT2D eigenvalue weighted by molar-refractivity contribution is -0.384. The maximum atomic E-state index is 12.3. The molecule has 0 aliphatic carbocycles. The Morgan fingerprint density at radius 3 is 2.62 bits per heavy atom. The lowest BCUT2D eigenvalue weighted by Crippen LogP contribution is -2.23. The van der Waals surface area contributed by atoms with Gasteiger partial charge in [-0.25, -0.2) is 0 Å². The number of nitro groups is 1. The van der Waals surface area contributed by atoms with Crippen molar-refractivity contribution in [1.82, 2.24) is 5.32 Å². The number of ether oxygens (including phenoxy) is 2. The molecule has 0 spiro atoms. The van der Waals surface area contributed by atoms with Crippen LogP contribution in [0.15, 0.2) is 70.9 Å². The summed E-state index contributed by atoms with van der Waals surface area (Å²) in [7, 11) is 1.48. The maximum absolute atomic E-state index is 12.3. The molecule has 0 saturated heterocycles. The Kier molecular flexibility index (Phi) is 7.22. The van der Waals surface area contributed by atoms with Gasteiger partial charge in [0.1, 0.15) is 24.0 Å². The highest BCUT2D eigenvalue weighted by Gasteiger charge is 2.12. The van der Waals surface area contributed by atoms with E-state index in [1.54, 1.807) is 42.5 Å². The predicted octanol–water partition coefficient (Wildman–Crippen LogP) is 4.00. The second-order valence-corrected chi connectivity index (χ2v) is 6.55. The zero-order chi connectivity index (χ0) is 22.9. The standard InChI is InChI=1S/C23H19N3O6/c1-30-22-12-17(11-18(13-24)23(27)25-14-20-3-2-10-31-20)6-9-21(22)32-15-16-4-7-19(8-5-16)26(28)29/h2-12H,14-15H2,1H3,(H,25,27). The summed E-state index contributed by atoms with van der Waals surface area (Å²) in [4.78, 5) is 22.6. The topological polar surface area (TPSA) is 128 Å². The van der Waals surface area contributed by atoms with Crippen molar-refractivity contribution >= 4 is 17.7 Å². The monoisotopic (exact) mass is 433 g/mol. The molecule has 3 aromatic rings. The van der Waals surface area contributed by atoms with Gasteiger partial charge in [-0.1, -0.05) is 6.07 Å². The number of methoxy groups -OCH3 is 1. The molecule has 32 heavy (non-hydrogen) atoms. The quantitative estimate of drug-likeness (QED) is 0.234. The summed E-state index contributed by atoms with van der Waals surface area (Å²) in [6.45, 7) is 0.353. The second-order valence-electron chi connectivity index (χ2n) is 6.55. The minimum absolute atomic E-state index is 0.00367. The molecule has 0 aliphatic rings. The minimum Gasteiger partial charge on any atom is -0.493 e. The third kappa shape index (κ3) is 5.73. The highest BCUT2D eigenvalue weighted by molar-refractivity contribution is 6.01. The van der Waals surface area contributed by atoms with Crippen molar-refractivity contribution in [3.8, 4) is 17.6 Å². The highest BCUT2D eigenvalue weighted by atomic mass is 16.6. The molecule has 0 aliphatic heterocycles. The molecule has 9 nitrogen and oxygen atoms in total. The Labute approximate surface area is 183 Å². The van der Waals surface area contributed by atoms with Crippen molar-refractivity contribution in [2.45, 2.75) is 13.2 Å². The van der Waals surface area contributed by atoms with Crippen LogP contribution < -0.4 is 14.8 Å². The number of benzene rings is 2. The van der Waals surface area contributed by atoms with E-state index in [9.17, 15) is 20.2 Å². The molecule has 0 bridgehead atoms. The molecule has 2 aromatic carbocycles. The van der Waals surface area contributed by atoms with Gasteiger partial charge in [-0.15, -0.1) is 0 Å². The number of nitrogens with zero attached hydrogens (tertiary/aromatic N) is 2. The van der Waals surface area contributed by atoms with Gasteiger partial charge in [-0.2, -0.15) is 5.26 Å². The number of nitriles is 1. The number of furan rings is 1. The van der Waals surface area contributed by atoms with Crippen molar-refractivity contribution in [3.63, 3.8) is 0 Å². The van der Waals surface area contributed by atoms with Gasteiger partial charge in [0.25, 0.3) is 11.6 Å². The summed E-state index contributed by atoms with van der Waals surface area (Å²) in [5.74, 6) is 0.908. The van der Waals surface area contributed by atoms with Crippen LogP contribution in [0.5, 0.6) is 11.5 Å². The van der Waals surface area contributed by atoms with E-state index in [2.05, 4.69) is 5.32 Å². The Morgan fingerprint density at radius 1 is 1.22 bits per heavy atom. The van der Waals surface area contributed by atoms with E-state index in [0.717, 1.165) is 5.56 Å². The Morgan fingerprint density at radius 2 is 2.00 bits per heavy atom. The van der Waals surface area contributed by atoms with Crippen LogP contribution in [-0.2, 0) is 17.9 Å². The van der Waals surface area contributed by atoms with Gasteiger partial charge >= 0.3 is 0 Å². The molecule has 0 atom stereocenters. The summed E-state index contributed by atoms with van der Waals surface area (Å²) in [5.41, 5.74) is 1.26. The molecular weight excluding hydrogens is 414 g/mol. The van der Waals surface area contributed by atoms with E-state index >= 15 is 0 Å². The first kappa shape index (κ1) is 22.1. The Bertz CT molecular complexity index is 1160. The first-order valence-electron chi connectivity index (χ1n) is 9.46. The fraction of sp³-hybridized carbons (Fsp3) is 0.130. The van der Waals surface area contributed by atoms with E-state index in [1.165, 1.54) is 31.6 Å². The van der Waals surface area contributed by atoms with Crippen molar-refractivity contribution in [2.24, 2.45) is 0 Å². The average Bonchev–Trinajstić information content (AvgIpc) is 3.34. The summed E-state index contributed by atoms with van der Waals surface area (Å²) in [6, 6.07) is 16.3. The van der Waals surface area contributed by atoms with Crippen LogP contribution in [0.1, 0.15) is 16.9 Å². The van der Waals surface area contributed by atoms with Gasteiger partial charge < -0.3 is 19.2 Å². The first-order valence-corrected chi connectivity index (χ1v) is 9.46. The van der Waals surface area contributed by atoms with Crippen LogP contribution in [0.2, 0.25) is 0 Å². The van der Waals surface area contributed by atoms with Crippen LogP contribution in [0, 0.1) is 21.4 Å². The van der Waals surface area contributed by atoms with E-state index in [-0.39, 0.29) is 24.4 Å². The van der Waals surface area contributed by atoms with Gasteiger partial charge in [0.15, 0.2) is 11.5 Å². The van der Waals surface area contributed by atoms with Gasteiger partial charge in [0, 0.05) is 12.1 Å². The number of rotatable bonds is 9. The second kappa shape index (κ2) is 10.4. The molecular formula is C23H19N3O6. The minimum atomic E-state index is -0.527.